The van der Waals surface area contributed by atoms with E-state index in [1.807, 2.05) is 13.0 Å². The van der Waals surface area contributed by atoms with Crippen molar-refractivity contribution in [1.29, 1.82) is 0 Å². The third-order valence-corrected chi connectivity index (χ3v) is 3.76. The molecule has 2 nitrogen and oxygen atoms in total. The first-order valence-corrected chi connectivity index (χ1v) is 7.24. The summed E-state index contributed by atoms with van der Waals surface area (Å²) in [4.78, 5) is 0. The summed E-state index contributed by atoms with van der Waals surface area (Å²) in [6.07, 6.45) is 0. The SMILES string of the molecule is CC(N)c1ccc(Oc2ccc(Br)cc2F)cc1Br. The van der Waals surface area contributed by atoms with Gasteiger partial charge in [-0.1, -0.05) is 37.9 Å². The minimum atomic E-state index is -0.415. The molecule has 0 amide bonds. The van der Waals surface area contributed by atoms with Crippen molar-refractivity contribution in [3.8, 4) is 11.5 Å². The molecule has 19 heavy (non-hydrogen) atoms. The smallest absolute Gasteiger partial charge is 0.166 e. The third-order valence-electron chi connectivity index (χ3n) is 2.58. The van der Waals surface area contributed by atoms with E-state index in [0.717, 1.165) is 10.0 Å². The van der Waals surface area contributed by atoms with Crippen LogP contribution in [-0.4, -0.2) is 0 Å². The van der Waals surface area contributed by atoms with Gasteiger partial charge in [-0.2, -0.15) is 0 Å². The highest BCUT2D eigenvalue weighted by Gasteiger charge is 2.09. The molecule has 0 saturated heterocycles. The fraction of sp³-hybridized carbons (Fsp3) is 0.143. The van der Waals surface area contributed by atoms with Gasteiger partial charge in [0, 0.05) is 15.0 Å². The number of halogens is 3. The number of nitrogens with two attached hydrogens (primary N) is 1. The average molecular weight is 389 g/mol. The van der Waals surface area contributed by atoms with Crippen LogP contribution in [-0.2, 0) is 0 Å². The van der Waals surface area contributed by atoms with Gasteiger partial charge in [-0.05, 0) is 42.8 Å². The molecule has 0 aliphatic heterocycles. The lowest BCUT2D eigenvalue weighted by Gasteiger charge is -2.11. The largest absolute Gasteiger partial charge is 0.454 e. The highest BCUT2D eigenvalue weighted by Crippen LogP contribution is 2.31. The van der Waals surface area contributed by atoms with Gasteiger partial charge < -0.3 is 10.5 Å². The third kappa shape index (κ3) is 3.55. The van der Waals surface area contributed by atoms with Crippen LogP contribution in [0.5, 0.6) is 11.5 Å². The quantitative estimate of drug-likeness (QED) is 0.787. The summed E-state index contributed by atoms with van der Waals surface area (Å²) in [6, 6.07) is 10.00. The molecule has 0 aliphatic rings. The van der Waals surface area contributed by atoms with Crippen molar-refractivity contribution in [2.75, 3.05) is 0 Å². The predicted octanol–water partition coefficient (Wildman–Crippen LogP) is 5.16. The van der Waals surface area contributed by atoms with Crippen LogP contribution >= 0.6 is 31.9 Å². The summed E-state index contributed by atoms with van der Waals surface area (Å²) in [7, 11) is 0. The molecule has 0 bridgehead atoms. The van der Waals surface area contributed by atoms with Crippen LogP contribution in [0.4, 0.5) is 4.39 Å². The lowest BCUT2D eigenvalue weighted by atomic mass is 10.1. The molecule has 0 fully saturated rings. The molecule has 1 unspecified atom stereocenters. The molecule has 0 aliphatic carbocycles. The van der Waals surface area contributed by atoms with Gasteiger partial charge in [0.25, 0.3) is 0 Å². The molecule has 5 heteroatoms. The van der Waals surface area contributed by atoms with Crippen LogP contribution in [0.15, 0.2) is 45.3 Å². The minimum absolute atomic E-state index is 0.0761. The Balaban J connectivity index is 2.26. The number of hydrogen-bond acceptors (Lipinski definition) is 2. The number of benzene rings is 2. The maximum atomic E-state index is 13.7. The minimum Gasteiger partial charge on any atom is -0.454 e. The fourth-order valence-electron chi connectivity index (χ4n) is 1.63. The van der Waals surface area contributed by atoms with Gasteiger partial charge in [0.15, 0.2) is 11.6 Å². The molecule has 0 aromatic heterocycles. The molecule has 0 radical (unpaired) electrons. The van der Waals surface area contributed by atoms with Gasteiger partial charge in [0.05, 0.1) is 0 Å². The van der Waals surface area contributed by atoms with Gasteiger partial charge >= 0.3 is 0 Å². The first kappa shape index (κ1) is 14.5. The van der Waals surface area contributed by atoms with Gasteiger partial charge in [-0.15, -0.1) is 0 Å². The lowest BCUT2D eigenvalue weighted by molar-refractivity contribution is 0.441. The Bertz CT molecular complexity index is 602. The van der Waals surface area contributed by atoms with Crippen molar-refractivity contribution < 1.29 is 9.13 Å². The lowest BCUT2D eigenvalue weighted by Crippen LogP contribution is -2.05. The summed E-state index contributed by atoms with van der Waals surface area (Å²) in [5, 5.41) is 0. The standard InChI is InChI=1S/C14H12Br2FNO/c1-8(18)11-4-3-10(7-12(11)16)19-14-5-2-9(15)6-13(14)17/h2-8H,18H2,1H3. The second-order valence-electron chi connectivity index (χ2n) is 4.15. The molecule has 1 atom stereocenters. The molecule has 0 heterocycles. The molecule has 2 aromatic carbocycles. The van der Waals surface area contributed by atoms with E-state index in [0.29, 0.717) is 10.2 Å². The average Bonchev–Trinajstić information content (AvgIpc) is 2.32. The van der Waals surface area contributed by atoms with Gasteiger partial charge in [0.1, 0.15) is 5.75 Å². The molecular formula is C14H12Br2FNO. The van der Waals surface area contributed by atoms with Crippen molar-refractivity contribution in [1.82, 2.24) is 0 Å². The Morgan fingerprint density at radius 2 is 1.89 bits per heavy atom. The van der Waals surface area contributed by atoms with E-state index in [2.05, 4.69) is 31.9 Å². The van der Waals surface area contributed by atoms with Crippen LogP contribution in [0, 0.1) is 5.82 Å². The Kier molecular flexibility index (Phi) is 4.60. The molecular weight excluding hydrogens is 377 g/mol. The maximum Gasteiger partial charge on any atom is 0.166 e. The van der Waals surface area contributed by atoms with Crippen molar-refractivity contribution in [2.24, 2.45) is 5.73 Å². The molecule has 100 valence electrons. The van der Waals surface area contributed by atoms with Crippen molar-refractivity contribution in [3.63, 3.8) is 0 Å². The number of ether oxygens (including phenoxy) is 1. The van der Waals surface area contributed by atoms with E-state index in [1.165, 1.54) is 6.07 Å². The number of rotatable bonds is 3. The van der Waals surface area contributed by atoms with Crippen LogP contribution in [0.2, 0.25) is 0 Å². The van der Waals surface area contributed by atoms with E-state index in [9.17, 15) is 4.39 Å². The van der Waals surface area contributed by atoms with Crippen LogP contribution in [0.1, 0.15) is 18.5 Å². The Morgan fingerprint density at radius 1 is 1.16 bits per heavy atom. The first-order valence-electron chi connectivity index (χ1n) is 5.65. The summed E-state index contributed by atoms with van der Waals surface area (Å²) >= 11 is 6.63. The molecule has 0 spiro atoms. The second-order valence-corrected chi connectivity index (χ2v) is 5.92. The Hall–Kier alpha value is -0.910. The van der Waals surface area contributed by atoms with Gasteiger partial charge in [0.2, 0.25) is 0 Å². The van der Waals surface area contributed by atoms with E-state index in [-0.39, 0.29) is 11.8 Å². The Labute approximate surface area is 128 Å². The van der Waals surface area contributed by atoms with Crippen LogP contribution in [0.3, 0.4) is 0 Å². The Morgan fingerprint density at radius 3 is 2.47 bits per heavy atom. The van der Waals surface area contributed by atoms with E-state index in [1.54, 1.807) is 24.3 Å². The highest BCUT2D eigenvalue weighted by molar-refractivity contribution is 9.10. The zero-order valence-corrected chi connectivity index (χ0v) is 13.3. The topological polar surface area (TPSA) is 35.2 Å². The molecule has 2 rings (SSSR count). The maximum absolute atomic E-state index is 13.7. The van der Waals surface area contributed by atoms with E-state index >= 15 is 0 Å². The van der Waals surface area contributed by atoms with Crippen LogP contribution in [0.25, 0.3) is 0 Å². The van der Waals surface area contributed by atoms with E-state index < -0.39 is 5.82 Å². The molecule has 2 aromatic rings. The fourth-order valence-corrected chi connectivity index (χ4v) is 2.68. The number of hydrogen-bond donors (Lipinski definition) is 1. The van der Waals surface area contributed by atoms with Crippen molar-refractivity contribution in [3.05, 3.63) is 56.7 Å². The highest BCUT2D eigenvalue weighted by atomic mass is 79.9. The monoisotopic (exact) mass is 387 g/mol. The summed E-state index contributed by atoms with van der Waals surface area (Å²) in [5.41, 5.74) is 6.80. The van der Waals surface area contributed by atoms with Gasteiger partial charge in [-0.3, -0.25) is 0 Å². The van der Waals surface area contributed by atoms with Gasteiger partial charge in [-0.25, -0.2) is 4.39 Å². The van der Waals surface area contributed by atoms with Crippen LogP contribution < -0.4 is 10.5 Å². The normalized spacial score (nSPS) is 12.3. The molecule has 0 saturated carbocycles. The molecule has 2 N–H and O–H groups in total. The van der Waals surface area contributed by atoms with E-state index in [4.69, 9.17) is 10.5 Å². The zero-order chi connectivity index (χ0) is 14.0. The van der Waals surface area contributed by atoms with Crippen molar-refractivity contribution >= 4 is 31.9 Å². The summed E-state index contributed by atoms with van der Waals surface area (Å²) in [5.74, 6) is 0.322. The summed E-state index contributed by atoms with van der Waals surface area (Å²) in [6.45, 7) is 1.90. The zero-order valence-electron chi connectivity index (χ0n) is 10.2. The first-order chi connectivity index (χ1) is 8.97. The van der Waals surface area contributed by atoms with Crippen molar-refractivity contribution in [2.45, 2.75) is 13.0 Å². The predicted molar refractivity (Wildman–Crippen MR) is 80.9 cm³/mol. The second kappa shape index (κ2) is 6.03. The summed E-state index contributed by atoms with van der Waals surface area (Å²) < 4.78 is 20.7.